The molecule has 3 aromatic carbocycles. The van der Waals surface area contributed by atoms with Crippen LogP contribution in [0.1, 0.15) is 16.7 Å². The molecule has 0 amide bonds. The van der Waals surface area contributed by atoms with Crippen molar-refractivity contribution in [1.29, 1.82) is 0 Å². The number of halogens is 4. The molecule has 0 spiro atoms. The summed E-state index contributed by atoms with van der Waals surface area (Å²) in [6, 6.07) is 11.5. The minimum Gasteiger partial charge on any atom is -0.508 e. The first kappa shape index (κ1) is 22.0. The van der Waals surface area contributed by atoms with Crippen LogP contribution in [0.15, 0.2) is 54.6 Å². The minimum absolute atomic E-state index is 0.0112. The van der Waals surface area contributed by atoms with Crippen LogP contribution in [0.5, 0.6) is 11.5 Å². The van der Waals surface area contributed by atoms with Gasteiger partial charge in [-0.25, -0.2) is 0 Å². The molecule has 0 saturated heterocycles. The maximum absolute atomic E-state index is 12.9. The number of phenolic OH excluding ortho intramolecular Hbond substituents is 2. The van der Waals surface area contributed by atoms with Gasteiger partial charge in [0.05, 0.1) is 15.1 Å². The molecule has 0 heterocycles. The topological polar surface area (TPSA) is 94.8 Å². The monoisotopic (exact) mass is 492 g/mol. The van der Waals surface area contributed by atoms with Crippen LogP contribution in [0.2, 0.25) is 20.1 Å². The molecule has 0 bridgehead atoms. The Hall–Kier alpha value is -1.67. The van der Waals surface area contributed by atoms with E-state index in [0.29, 0.717) is 0 Å². The van der Waals surface area contributed by atoms with E-state index in [-0.39, 0.29) is 36.8 Å². The molecule has 29 heavy (non-hydrogen) atoms. The number of phenols is 2. The molecule has 0 aromatic heterocycles. The van der Waals surface area contributed by atoms with Gasteiger partial charge in [-0.3, -0.25) is 4.55 Å². The van der Waals surface area contributed by atoms with Crippen LogP contribution in [0.4, 0.5) is 0 Å². The molecule has 5 nitrogen and oxygen atoms in total. The van der Waals surface area contributed by atoms with Crippen molar-refractivity contribution >= 4 is 56.5 Å². The van der Waals surface area contributed by atoms with Crippen molar-refractivity contribution in [3.8, 4) is 11.5 Å². The van der Waals surface area contributed by atoms with E-state index >= 15 is 0 Å². The Kier molecular flexibility index (Phi) is 5.98. The first-order valence-electron chi connectivity index (χ1n) is 7.89. The molecular weight excluding hydrogens is 482 g/mol. The molecule has 0 saturated carbocycles. The first-order chi connectivity index (χ1) is 13.5. The first-order valence-corrected chi connectivity index (χ1v) is 10.8. The molecule has 1 atom stereocenters. The van der Waals surface area contributed by atoms with Gasteiger partial charge in [0.25, 0.3) is 10.1 Å². The van der Waals surface area contributed by atoms with Gasteiger partial charge in [0, 0.05) is 16.7 Å². The summed E-state index contributed by atoms with van der Waals surface area (Å²) in [6.07, 6.45) is 0. The third kappa shape index (κ3) is 3.77. The molecule has 0 fully saturated rings. The highest BCUT2D eigenvalue weighted by Gasteiger charge is 2.50. The zero-order valence-corrected chi connectivity index (χ0v) is 18.1. The summed E-state index contributed by atoms with van der Waals surface area (Å²) in [4.78, 5) is 0. The van der Waals surface area contributed by atoms with Gasteiger partial charge in [0.15, 0.2) is 4.75 Å². The zero-order valence-electron chi connectivity index (χ0n) is 14.3. The van der Waals surface area contributed by atoms with Gasteiger partial charge in [-0.15, -0.1) is 0 Å². The van der Waals surface area contributed by atoms with Crippen LogP contribution < -0.4 is 0 Å². The molecule has 152 valence electrons. The van der Waals surface area contributed by atoms with Crippen molar-refractivity contribution in [2.45, 2.75) is 4.75 Å². The molecule has 1 unspecified atom stereocenters. The molecule has 0 radical (unpaired) electrons. The maximum atomic E-state index is 12.9. The Morgan fingerprint density at radius 1 is 0.724 bits per heavy atom. The summed E-state index contributed by atoms with van der Waals surface area (Å²) in [5.74, 6) is -0.981. The van der Waals surface area contributed by atoms with E-state index in [0.717, 1.165) is 18.2 Å². The van der Waals surface area contributed by atoms with Gasteiger partial charge in [-0.1, -0.05) is 64.6 Å². The van der Waals surface area contributed by atoms with Crippen molar-refractivity contribution in [3.63, 3.8) is 0 Å². The van der Waals surface area contributed by atoms with E-state index in [9.17, 15) is 23.2 Å². The smallest absolute Gasteiger partial charge is 0.283 e. The second kappa shape index (κ2) is 7.87. The lowest BCUT2D eigenvalue weighted by Gasteiger charge is -2.33. The highest BCUT2D eigenvalue weighted by atomic mass is 35.5. The third-order valence-electron chi connectivity index (χ3n) is 4.39. The fourth-order valence-corrected chi connectivity index (χ4v) is 5.09. The lowest BCUT2D eigenvalue weighted by atomic mass is 9.83. The van der Waals surface area contributed by atoms with Crippen LogP contribution in [-0.2, 0) is 14.9 Å². The normalized spacial score (nSPS) is 13.8. The summed E-state index contributed by atoms with van der Waals surface area (Å²) in [6.45, 7) is 0. The Morgan fingerprint density at radius 2 is 1.34 bits per heavy atom. The number of benzene rings is 3. The van der Waals surface area contributed by atoms with E-state index in [4.69, 9.17) is 46.4 Å². The van der Waals surface area contributed by atoms with Gasteiger partial charge in [-0.05, 0) is 41.5 Å². The van der Waals surface area contributed by atoms with Crippen LogP contribution in [-0.4, -0.2) is 23.2 Å². The van der Waals surface area contributed by atoms with Crippen molar-refractivity contribution in [3.05, 3.63) is 91.4 Å². The lowest BCUT2D eigenvalue weighted by molar-refractivity contribution is 0.439. The second-order valence-corrected chi connectivity index (χ2v) is 9.34. The summed E-state index contributed by atoms with van der Waals surface area (Å²) in [5.41, 5.74) is -0.417. The predicted molar refractivity (Wildman–Crippen MR) is 114 cm³/mol. The minimum atomic E-state index is -5.06. The lowest BCUT2D eigenvalue weighted by Crippen LogP contribution is -2.38. The van der Waals surface area contributed by atoms with E-state index in [2.05, 4.69) is 0 Å². The molecule has 3 N–H and O–H groups in total. The maximum Gasteiger partial charge on any atom is 0.283 e. The summed E-state index contributed by atoms with van der Waals surface area (Å²) < 4.78 is 33.9. The molecular formula is C19H12Cl4O5S. The predicted octanol–water partition coefficient (Wildman–Crippen LogP) is 5.89. The van der Waals surface area contributed by atoms with E-state index < -0.39 is 26.4 Å². The van der Waals surface area contributed by atoms with Crippen LogP contribution in [0, 0.1) is 0 Å². The third-order valence-corrected chi connectivity index (χ3v) is 7.13. The highest BCUT2D eigenvalue weighted by Crippen LogP contribution is 2.50. The van der Waals surface area contributed by atoms with Gasteiger partial charge in [0.2, 0.25) is 0 Å². The average molecular weight is 494 g/mol. The standard InChI is InChI=1S/C19H12Cl4O5S/c20-12-3-1-2-10(6-12)19(29(26,27)28,11-4-5-14(21)18(25)7-11)13-8-15(22)16(23)9-17(13)24/h1-9,24-25H,(H,26,27,28). The van der Waals surface area contributed by atoms with Crippen molar-refractivity contribution in [1.82, 2.24) is 0 Å². The van der Waals surface area contributed by atoms with E-state index in [1.807, 2.05) is 0 Å². The van der Waals surface area contributed by atoms with Gasteiger partial charge in [0.1, 0.15) is 11.5 Å². The Labute approximate surface area is 186 Å². The van der Waals surface area contributed by atoms with Gasteiger partial charge < -0.3 is 10.2 Å². The number of rotatable bonds is 4. The molecule has 3 aromatic rings. The highest BCUT2D eigenvalue weighted by molar-refractivity contribution is 7.87. The molecule has 0 aliphatic carbocycles. The quantitative estimate of drug-likeness (QED) is 0.311. The largest absolute Gasteiger partial charge is 0.508 e. The van der Waals surface area contributed by atoms with Crippen LogP contribution >= 0.6 is 46.4 Å². The SMILES string of the molecule is O=S(=O)(O)C(c1cccc(Cl)c1)(c1ccc(Cl)c(O)c1)c1cc(Cl)c(Cl)cc1O. The van der Waals surface area contributed by atoms with Crippen molar-refractivity contribution in [2.75, 3.05) is 0 Å². The fourth-order valence-electron chi connectivity index (χ4n) is 3.17. The molecule has 10 heteroatoms. The molecule has 0 aliphatic rings. The summed E-state index contributed by atoms with van der Waals surface area (Å²) in [5, 5.41) is 20.7. The summed E-state index contributed by atoms with van der Waals surface area (Å²) in [7, 11) is -5.06. The fraction of sp³-hybridized carbons (Fsp3) is 0.0526. The Morgan fingerprint density at radius 3 is 1.93 bits per heavy atom. The van der Waals surface area contributed by atoms with Crippen molar-refractivity contribution in [2.24, 2.45) is 0 Å². The van der Waals surface area contributed by atoms with E-state index in [1.54, 1.807) is 0 Å². The van der Waals surface area contributed by atoms with Crippen LogP contribution in [0.3, 0.4) is 0 Å². The summed E-state index contributed by atoms with van der Waals surface area (Å²) >= 11 is 24.0. The molecule has 3 rings (SSSR count). The number of hydrogen-bond acceptors (Lipinski definition) is 4. The number of hydrogen-bond donors (Lipinski definition) is 3. The Bertz CT molecular complexity index is 1210. The van der Waals surface area contributed by atoms with Gasteiger partial charge >= 0.3 is 0 Å². The van der Waals surface area contributed by atoms with E-state index in [1.165, 1.54) is 36.4 Å². The second-order valence-electron chi connectivity index (χ2n) is 6.12. The van der Waals surface area contributed by atoms with Crippen LogP contribution in [0.25, 0.3) is 0 Å². The Balaban J connectivity index is 2.58. The van der Waals surface area contributed by atoms with Gasteiger partial charge in [-0.2, -0.15) is 8.42 Å². The zero-order chi connectivity index (χ0) is 21.6. The average Bonchev–Trinajstić information content (AvgIpc) is 2.62. The molecule has 0 aliphatic heterocycles. The number of aromatic hydroxyl groups is 2. The van der Waals surface area contributed by atoms with Crippen molar-refractivity contribution < 1.29 is 23.2 Å².